The molecule has 1 atom stereocenters. The Bertz CT molecular complexity index is 545. The van der Waals surface area contributed by atoms with Gasteiger partial charge in [0.1, 0.15) is 0 Å². The van der Waals surface area contributed by atoms with Crippen LogP contribution in [0.4, 0.5) is 0 Å². The van der Waals surface area contributed by atoms with E-state index in [0.29, 0.717) is 6.54 Å². The maximum Gasteiger partial charge on any atom is 0.231 e. The van der Waals surface area contributed by atoms with Crippen molar-refractivity contribution >= 4 is 18.3 Å². The van der Waals surface area contributed by atoms with Crippen LogP contribution in [0.25, 0.3) is 0 Å². The summed E-state index contributed by atoms with van der Waals surface area (Å²) in [4.78, 5) is 14.3. The van der Waals surface area contributed by atoms with Gasteiger partial charge >= 0.3 is 0 Å². The third-order valence-electron chi connectivity index (χ3n) is 4.36. The molecule has 3 rings (SSSR count). The van der Waals surface area contributed by atoms with Crippen molar-refractivity contribution in [3.05, 3.63) is 23.8 Å². The Kier molecular flexibility index (Phi) is 6.13. The molecule has 0 saturated carbocycles. The molecule has 2 aliphatic heterocycles. The molecule has 1 aromatic rings. The number of likely N-dealkylation sites (tertiary alicyclic amines) is 1. The first-order chi connectivity index (χ1) is 10.6. The van der Waals surface area contributed by atoms with E-state index < -0.39 is 0 Å². The summed E-state index contributed by atoms with van der Waals surface area (Å²) in [7, 11) is 0. The van der Waals surface area contributed by atoms with Gasteiger partial charge in [-0.2, -0.15) is 0 Å². The van der Waals surface area contributed by atoms with Crippen LogP contribution in [0.1, 0.15) is 38.3 Å². The Morgan fingerprint density at radius 2 is 1.91 bits per heavy atom. The third-order valence-corrected chi connectivity index (χ3v) is 4.36. The number of ether oxygens (including phenoxy) is 2. The monoisotopic (exact) mass is 340 g/mol. The van der Waals surface area contributed by atoms with Gasteiger partial charge in [-0.3, -0.25) is 9.69 Å². The molecule has 1 fully saturated rings. The summed E-state index contributed by atoms with van der Waals surface area (Å²) in [6.07, 6.45) is 2.44. The number of halogens is 1. The van der Waals surface area contributed by atoms with Crippen LogP contribution in [0.15, 0.2) is 18.2 Å². The molecule has 0 aliphatic carbocycles. The molecule has 1 amide bonds. The van der Waals surface area contributed by atoms with Gasteiger partial charge in [-0.05, 0) is 43.6 Å². The highest BCUT2D eigenvalue weighted by atomic mass is 35.5. The van der Waals surface area contributed by atoms with E-state index in [9.17, 15) is 4.79 Å². The zero-order valence-electron chi connectivity index (χ0n) is 13.7. The molecule has 1 saturated heterocycles. The number of amides is 1. The molecule has 1 unspecified atom stereocenters. The van der Waals surface area contributed by atoms with E-state index >= 15 is 0 Å². The Morgan fingerprint density at radius 3 is 2.61 bits per heavy atom. The standard InChI is InChI=1S/C17H24N2O3.ClH/c1-12(2)17(20)18-10-14(19-7-3-4-8-19)13-5-6-15-16(9-13)22-11-21-15;/h5-6,9,12,14H,3-4,7-8,10-11H2,1-2H3,(H,18,20);1H. The van der Waals surface area contributed by atoms with Gasteiger partial charge in [0.2, 0.25) is 12.7 Å². The minimum atomic E-state index is 0. The van der Waals surface area contributed by atoms with Crippen molar-refractivity contribution in [2.45, 2.75) is 32.7 Å². The van der Waals surface area contributed by atoms with E-state index in [1.165, 1.54) is 18.4 Å². The second kappa shape index (κ2) is 7.88. The number of carbonyl (C=O) groups excluding carboxylic acids is 1. The largest absolute Gasteiger partial charge is 0.454 e. The van der Waals surface area contributed by atoms with Gasteiger partial charge < -0.3 is 14.8 Å². The van der Waals surface area contributed by atoms with Crippen LogP contribution < -0.4 is 14.8 Å². The summed E-state index contributed by atoms with van der Waals surface area (Å²) in [5.41, 5.74) is 1.18. The summed E-state index contributed by atoms with van der Waals surface area (Å²) >= 11 is 0. The highest BCUT2D eigenvalue weighted by Crippen LogP contribution is 2.36. The number of hydrogen-bond donors (Lipinski definition) is 1. The number of carbonyl (C=O) groups is 1. The van der Waals surface area contributed by atoms with Crippen LogP contribution in [-0.4, -0.2) is 37.2 Å². The molecule has 0 spiro atoms. The molecular formula is C17H25ClN2O3. The van der Waals surface area contributed by atoms with Gasteiger partial charge in [0.15, 0.2) is 11.5 Å². The van der Waals surface area contributed by atoms with Crippen molar-refractivity contribution in [3.63, 3.8) is 0 Å². The molecule has 0 radical (unpaired) electrons. The van der Waals surface area contributed by atoms with Gasteiger partial charge in [-0.1, -0.05) is 19.9 Å². The van der Waals surface area contributed by atoms with Crippen molar-refractivity contribution in [2.24, 2.45) is 5.92 Å². The molecule has 128 valence electrons. The van der Waals surface area contributed by atoms with Gasteiger partial charge in [-0.25, -0.2) is 0 Å². The van der Waals surface area contributed by atoms with Crippen LogP contribution >= 0.6 is 12.4 Å². The number of hydrogen-bond acceptors (Lipinski definition) is 4. The second-order valence-electron chi connectivity index (χ2n) is 6.27. The van der Waals surface area contributed by atoms with Gasteiger partial charge in [0.25, 0.3) is 0 Å². The van der Waals surface area contributed by atoms with E-state index in [1.54, 1.807) is 0 Å². The van der Waals surface area contributed by atoms with Crippen molar-refractivity contribution in [1.29, 1.82) is 0 Å². The van der Waals surface area contributed by atoms with E-state index in [0.717, 1.165) is 24.6 Å². The number of fused-ring (bicyclic) bond motifs is 1. The Hall–Kier alpha value is -1.46. The molecule has 1 N–H and O–H groups in total. The predicted octanol–water partition coefficient (Wildman–Crippen LogP) is 2.75. The number of nitrogens with one attached hydrogen (secondary N) is 1. The zero-order chi connectivity index (χ0) is 15.5. The maximum absolute atomic E-state index is 11.9. The summed E-state index contributed by atoms with van der Waals surface area (Å²) in [6, 6.07) is 6.29. The van der Waals surface area contributed by atoms with E-state index in [4.69, 9.17) is 9.47 Å². The molecule has 0 bridgehead atoms. The average Bonchev–Trinajstić information content (AvgIpc) is 3.17. The fraction of sp³-hybridized carbons (Fsp3) is 0.588. The third kappa shape index (κ3) is 4.09. The minimum Gasteiger partial charge on any atom is -0.454 e. The number of nitrogens with zero attached hydrogens (tertiary/aromatic N) is 1. The number of rotatable bonds is 5. The van der Waals surface area contributed by atoms with Gasteiger partial charge in [0.05, 0.1) is 6.04 Å². The van der Waals surface area contributed by atoms with Crippen LogP contribution in [-0.2, 0) is 4.79 Å². The van der Waals surface area contributed by atoms with E-state index in [-0.39, 0.29) is 37.1 Å². The normalized spacial score (nSPS) is 17.9. The first-order valence-electron chi connectivity index (χ1n) is 8.06. The molecule has 2 aliphatic rings. The lowest BCUT2D eigenvalue weighted by atomic mass is 10.0. The van der Waals surface area contributed by atoms with Crippen LogP contribution in [0.3, 0.4) is 0 Å². The predicted molar refractivity (Wildman–Crippen MR) is 91.2 cm³/mol. The lowest BCUT2D eigenvalue weighted by Crippen LogP contribution is -2.38. The molecule has 5 nitrogen and oxygen atoms in total. The minimum absolute atomic E-state index is 0. The summed E-state index contributed by atoms with van der Waals surface area (Å²) in [6.45, 7) is 6.92. The van der Waals surface area contributed by atoms with Crippen molar-refractivity contribution in [2.75, 3.05) is 26.4 Å². The van der Waals surface area contributed by atoms with Crippen molar-refractivity contribution in [3.8, 4) is 11.5 Å². The Labute approximate surface area is 143 Å². The quantitative estimate of drug-likeness (QED) is 0.895. The molecule has 1 aromatic carbocycles. The zero-order valence-corrected chi connectivity index (χ0v) is 14.5. The van der Waals surface area contributed by atoms with E-state index in [2.05, 4.69) is 16.3 Å². The average molecular weight is 341 g/mol. The molecule has 23 heavy (non-hydrogen) atoms. The van der Waals surface area contributed by atoms with Crippen molar-refractivity contribution in [1.82, 2.24) is 10.2 Å². The lowest BCUT2D eigenvalue weighted by Gasteiger charge is -2.28. The highest BCUT2D eigenvalue weighted by Gasteiger charge is 2.26. The van der Waals surface area contributed by atoms with E-state index in [1.807, 2.05) is 26.0 Å². The first-order valence-corrected chi connectivity index (χ1v) is 8.06. The van der Waals surface area contributed by atoms with Gasteiger partial charge in [0, 0.05) is 12.5 Å². The fourth-order valence-electron chi connectivity index (χ4n) is 3.03. The first kappa shape index (κ1) is 17.9. The Balaban J connectivity index is 0.00000192. The van der Waals surface area contributed by atoms with Crippen LogP contribution in [0.2, 0.25) is 0 Å². The summed E-state index contributed by atoms with van der Waals surface area (Å²) < 4.78 is 10.9. The Morgan fingerprint density at radius 1 is 1.22 bits per heavy atom. The number of benzene rings is 1. The second-order valence-corrected chi connectivity index (χ2v) is 6.27. The fourth-order valence-corrected chi connectivity index (χ4v) is 3.03. The summed E-state index contributed by atoms with van der Waals surface area (Å²) in [5, 5.41) is 3.07. The highest BCUT2D eigenvalue weighted by molar-refractivity contribution is 5.85. The van der Waals surface area contributed by atoms with Crippen molar-refractivity contribution < 1.29 is 14.3 Å². The molecule has 6 heteroatoms. The van der Waals surface area contributed by atoms with Crippen LogP contribution in [0.5, 0.6) is 11.5 Å². The lowest BCUT2D eigenvalue weighted by molar-refractivity contribution is -0.124. The maximum atomic E-state index is 11.9. The smallest absolute Gasteiger partial charge is 0.231 e. The molecule has 0 aromatic heterocycles. The van der Waals surface area contributed by atoms with Crippen LogP contribution in [0, 0.1) is 5.92 Å². The SMILES string of the molecule is CC(C)C(=O)NCC(c1ccc2c(c1)OCO2)N1CCCC1.Cl. The summed E-state index contributed by atoms with van der Waals surface area (Å²) in [5.74, 6) is 1.72. The van der Waals surface area contributed by atoms with Gasteiger partial charge in [-0.15, -0.1) is 12.4 Å². The topological polar surface area (TPSA) is 50.8 Å². The molecular weight excluding hydrogens is 316 g/mol. The molecule has 2 heterocycles.